The Morgan fingerprint density at radius 2 is 2.00 bits per heavy atom. The first-order chi connectivity index (χ1) is 7.54. The van der Waals surface area contributed by atoms with E-state index in [0.717, 1.165) is 28.7 Å². The fourth-order valence-corrected chi connectivity index (χ4v) is 2.27. The lowest BCUT2D eigenvalue weighted by atomic mass is 10.1. The van der Waals surface area contributed by atoms with E-state index in [9.17, 15) is 9.90 Å². The topological polar surface area (TPSA) is 42.2 Å². The van der Waals surface area contributed by atoms with Crippen molar-refractivity contribution >= 4 is 16.9 Å². The van der Waals surface area contributed by atoms with E-state index in [1.165, 1.54) is 0 Å². The zero-order valence-electron chi connectivity index (χ0n) is 9.74. The molecule has 1 aromatic heterocycles. The Morgan fingerprint density at radius 1 is 1.31 bits per heavy atom. The van der Waals surface area contributed by atoms with Crippen molar-refractivity contribution in [1.29, 1.82) is 0 Å². The van der Waals surface area contributed by atoms with Gasteiger partial charge in [-0.3, -0.25) is 0 Å². The van der Waals surface area contributed by atoms with Crippen LogP contribution in [0.4, 0.5) is 0 Å². The molecule has 0 aliphatic heterocycles. The summed E-state index contributed by atoms with van der Waals surface area (Å²) in [6.45, 7) is 6.74. The number of aromatic nitrogens is 1. The Balaban J connectivity index is 2.91. The smallest absolute Gasteiger partial charge is 0.337 e. The zero-order chi connectivity index (χ0) is 11.9. The highest BCUT2D eigenvalue weighted by atomic mass is 16.4. The zero-order valence-corrected chi connectivity index (χ0v) is 9.74. The average Bonchev–Trinajstić information content (AvgIpc) is 2.51. The lowest BCUT2D eigenvalue weighted by molar-refractivity contribution is 0.0698. The number of benzene rings is 1. The van der Waals surface area contributed by atoms with E-state index in [-0.39, 0.29) is 0 Å². The highest BCUT2D eigenvalue weighted by molar-refractivity contribution is 6.03. The number of fused-ring (bicyclic) bond motifs is 1. The van der Waals surface area contributed by atoms with Crippen LogP contribution in [0.25, 0.3) is 10.9 Å². The molecule has 0 saturated heterocycles. The highest BCUT2D eigenvalue weighted by Crippen LogP contribution is 2.25. The van der Waals surface area contributed by atoms with Crippen LogP contribution < -0.4 is 0 Å². The molecule has 1 aromatic carbocycles. The van der Waals surface area contributed by atoms with E-state index >= 15 is 0 Å². The van der Waals surface area contributed by atoms with Crippen LogP contribution in [0.2, 0.25) is 0 Å². The molecule has 16 heavy (non-hydrogen) atoms. The van der Waals surface area contributed by atoms with Crippen molar-refractivity contribution in [3.05, 3.63) is 35.0 Å². The van der Waals surface area contributed by atoms with Crippen LogP contribution in [0.15, 0.2) is 18.2 Å². The summed E-state index contributed by atoms with van der Waals surface area (Å²) < 4.78 is 2.04. The van der Waals surface area contributed by atoms with E-state index in [0.29, 0.717) is 5.56 Å². The number of aromatic carboxylic acids is 1. The third kappa shape index (κ3) is 1.48. The van der Waals surface area contributed by atoms with Crippen LogP contribution in [-0.2, 0) is 6.54 Å². The maximum atomic E-state index is 11.2. The molecule has 3 nitrogen and oxygen atoms in total. The van der Waals surface area contributed by atoms with Gasteiger partial charge in [-0.25, -0.2) is 4.79 Å². The summed E-state index contributed by atoms with van der Waals surface area (Å²) in [5, 5.41) is 10.2. The number of carboxylic acid groups (broad SMARTS) is 1. The average molecular weight is 217 g/mol. The van der Waals surface area contributed by atoms with Crippen LogP contribution in [-0.4, -0.2) is 15.6 Å². The number of nitrogens with zero attached hydrogens (tertiary/aromatic N) is 1. The van der Waals surface area contributed by atoms with Gasteiger partial charge in [0.25, 0.3) is 0 Å². The van der Waals surface area contributed by atoms with E-state index < -0.39 is 5.97 Å². The molecular formula is C13H15NO2. The molecule has 2 aromatic rings. The second-order valence-corrected chi connectivity index (χ2v) is 4.09. The Kier molecular flexibility index (Phi) is 2.46. The summed E-state index contributed by atoms with van der Waals surface area (Å²) in [7, 11) is 0. The molecule has 0 fully saturated rings. The van der Waals surface area contributed by atoms with Gasteiger partial charge in [0.05, 0.1) is 11.1 Å². The van der Waals surface area contributed by atoms with Crippen LogP contribution in [0.5, 0.6) is 0 Å². The molecule has 0 atom stereocenters. The van der Waals surface area contributed by atoms with Gasteiger partial charge < -0.3 is 9.67 Å². The van der Waals surface area contributed by atoms with Gasteiger partial charge in [0.15, 0.2) is 0 Å². The van der Waals surface area contributed by atoms with E-state index in [2.05, 4.69) is 0 Å². The number of carboxylic acids is 1. The van der Waals surface area contributed by atoms with Gasteiger partial charge >= 0.3 is 5.97 Å². The first-order valence-electron chi connectivity index (χ1n) is 5.38. The number of aryl methyl sites for hydroxylation is 3. The monoisotopic (exact) mass is 217 g/mol. The molecule has 0 spiro atoms. The molecule has 0 bridgehead atoms. The van der Waals surface area contributed by atoms with E-state index in [1.807, 2.05) is 37.5 Å². The molecule has 0 radical (unpaired) electrons. The molecule has 0 amide bonds. The summed E-state index contributed by atoms with van der Waals surface area (Å²) in [5.74, 6) is -0.860. The number of hydrogen-bond donors (Lipinski definition) is 1. The third-order valence-corrected chi connectivity index (χ3v) is 2.89. The van der Waals surface area contributed by atoms with Crippen molar-refractivity contribution in [2.45, 2.75) is 27.3 Å². The predicted octanol–water partition coefficient (Wildman–Crippen LogP) is 2.98. The minimum atomic E-state index is -0.860. The second-order valence-electron chi connectivity index (χ2n) is 4.09. The van der Waals surface area contributed by atoms with Gasteiger partial charge in [0, 0.05) is 17.6 Å². The van der Waals surface area contributed by atoms with Gasteiger partial charge in [0.2, 0.25) is 0 Å². The molecule has 0 aliphatic rings. The SMILES string of the molecule is CCn1c(C)cc2cc(C)cc(C(=O)O)c21. The van der Waals surface area contributed by atoms with Crippen molar-refractivity contribution in [3.63, 3.8) is 0 Å². The van der Waals surface area contributed by atoms with Crippen molar-refractivity contribution in [2.24, 2.45) is 0 Å². The van der Waals surface area contributed by atoms with Gasteiger partial charge in [-0.15, -0.1) is 0 Å². The maximum absolute atomic E-state index is 11.2. The normalized spacial score (nSPS) is 10.9. The van der Waals surface area contributed by atoms with E-state index in [1.54, 1.807) is 6.07 Å². The number of rotatable bonds is 2. The molecule has 84 valence electrons. The highest BCUT2D eigenvalue weighted by Gasteiger charge is 2.14. The van der Waals surface area contributed by atoms with Crippen LogP contribution in [0.3, 0.4) is 0 Å². The number of carbonyl (C=O) groups is 1. The molecule has 0 unspecified atom stereocenters. The Hall–Kier alpha value is -1.77. The van der Waals surface area contributed by atoms with Crippen LogP contribution in [0, 0.1) is 13.8 Å². The number of hydrogen-bond acceptors (Lipinski definition) is 1. The fraction of sp³-hybridized carbons (Fsp3) is 0.308. The summed E-state index contributed by atoms with van der Waals surface area (Å²) in [4.78, 5) is 11.2. The van der Waals surface area contributed by atoms with Gasteiger partial charge in [0.1, 0.15) is 0 Å². The molecule has 1 heterocycles. The molecular weight excluding hydrogens is 202 g/mol. The van der Waals surface area contributed by atoms with E-state index in [4.69, 9.17) is 0 Å². The first-order valence-corrected chi connectivity index (χ1v) is 5.38. The summed E-state index contributed by atoms with van der Waals surface area (Å²) >= 11 is 0. The predicted molar refractivity (Wildman–Crippen MR) is 64.0 cm³/mol. The van der Waals surface area contributed by atoms with Crippen molar-refractivity contribution in [1.82, 2.24) is 4.57 Å². The third-order valence-electron chi connectivity index (χ3n) is 2.89. The lowest BCUT2D eigenvalue weighted by Gasteiger charge is -2.07. The molecule has 1 N–H and O–H groups in total. The summed E-state index contributed by atoms with van der Waals surface area (Å²) in [6.07, 6.45) is 0. The molecule has 0 aliphatic carbocycles. The minimum Gasteiger partial charge on any atom is -0.478 e. The van der Waals surface area contributed by atoms with Crippen LogP contribution in [0.1, 0.15) is 28.5 Å². The maximum Gasteiger partial charge on any atom is 0.337 e. The largest absolute Gasteiger partial charge is 0.478 e. The fourth-order valence-electron chi connectivity index (χ4n) is 2.27. The standard InChI is InChI=1S/C13H15NO2/c1-4-14-9(3)7-10-5-8(2)6-11(12(10)14)13(15)16/h5-7H,4H2,1-3H3,(H,15,16). The summed E-state index contributed by atoms with van der Waals surface area (Å²) in [5.41, 5.74) is 3.31. The quantitative estimate of drug-likeness (QED) is 0.840. The van der Waals surface area contributed by atoms with Gasteiger partial charge in [-0.05, 0) is 44.5 Å². The van der Waals surface area contributed by atoms with Crippen molar-refractivity contribution in [2.75, 3.05) is 0 Å². The minimum absolute atomic E-state index is 0.393. The summed E-state index contributed by atoms with van der Waals surface area (Å²) in [6, 6.07) is 5.80. The van der Waals surface area contributed by atoms with Crippen molar-refractivity contribution < 1.29 is 9.90 Å². The van der Waals surface area contributed by atoms with Crippen LogP contribution >= 0.6 is 0 Å². The molecule has 2 rings (SSSR count). The van der Waals surface area contributed by atoms with Gasteiger partial charge in [-0.1, -0.05) is 0 Å². The lowest BCUT2D eigenvalue weighted by Crippen LogP contribution is -2.04. The Labute approximate surface area is 94.3 Å². The molecule has 3 heteroatoms. The Morgan fingerprint density at radius 3 is 2.56 bits per heavy atom. The Bertz CT molecular complexity index is 567. The first kappa shape index (κ1) is 10.7. The van der Waals surface area contributed by atoms with Crippen molar-refractivity contribution in [3.8, 4) is 0 Å². The molecule has 0 saturated carbocycles. The van der Waals surface area contributed by atoms with Gasteiger partial charge in [-0.2, -0.15) is 0 Å². The second kappa shape index (κ2) is 3.67.